The number of amides is 1. The van der Waals surface area contributed by atoms with Crippen LogP contribution in [0.25, 0.3) is 0 Å². The highest BCUT2D eigenvalue weighted by Gasteiger charge is 2.39. The molecule has 0 saturated carbocycles. The average Bonchev–Trinajstić information content (AvgIpc) is 3.12. The van der Waals surface area contributed by atoms with Gasteiger partial charge < -0.3 is 14.8 Å². The van der Waals surface area contributed by atoms with Crippen molar-refractivity contribution in [3.05, 3.63) is 82.5 Å². The van der Waals surface area contributed by atoms with Crippen molar-refractivity contribution < 1.29 is 14.3 Å². The Morgan fingerprint density at radius 1 is 1.03 bits per heavy atom. The largest absolute Gasteiger partial charge is 0.493 e. The van der Waals surface area contributed by atoms with Crippen LogP contribution in [0.3, 0.4) is 0 Å². The lowest BCUT2D eigenvalue weighted by atomic mass is 9.81. The summed E-state index contributed by atoms with van der Waals surface area (Å²) in [7, 11) is 1.69. The molecule has 0 spiro atoms. The van der Waals surface area contributed by atoms with Gasteiger partial charge in [-0.15, -0.1) is 24.8 Å². The number of aliphatic imine (C=N–C) groups is 1. The molecular weight excluding hydrogens is 497 g/mol. The maximum atomic E-state index is 12.7. The highest BCUT2D eigenvalue weighted by Crippen LogP contribution is 2.47. The number of carbonyl (C=O) groups is 1. The van der Waals surface area contributed by atoms with E-state index in [9.17, 15) is 4.79 Å². The molecule has 0 radical (unpaired) electrons. The second-order valence-electron chi connectivity index (χ2n) is 10.2. The first-order valence-corrected chi connectivity index (χ1v) is 11.5. The molecular formula is C28H31Cl2N3O3. The maximum Gasteiger partial charge on any atom is 0.256 e. The Balaban J connectivity index is 0.00000180. The van der Waals surface area contributed by atoms with E-state index in [-0.39, 0.29) is 41.9 Å². The average molecular weight is 528 g/mol. The van der Waals surface area contributed by atoms with E-state index in [2.05, 4.69) is 44.1 Å². The van der Waals surface area contributed by atoms with Crippen molar-refractivity contribution in [3.63, 3.8) is 0 Å². The lowest BCUT2D eigenvalue weighted by Crippen LogP contribution is -2.30. The fourth-order valence-electron chi connectivity index (χ4n) is 4.83. The summed E-state index contributed by atoms with van der Waals surface area (Å²) < 4.78 is 12.0. The second kappa shape index (κ2) is 10.1. The Morgan fingerprint density at radius 3 is 2.39 bits per heavy atom. The van der Waals surface area contributed by atoms with Gasteiger partial charge >= 0.3 is 0 Å². The van der Waals surface area contributed by atoms with E-state index in [1.807, 2.05) is 36.4 Å². The number of ether oxygens (including phenoxy) is 2. The number of fused-ring (bicyclic) bond motifs is 3. The number of rotatable bonds is 4. The summed E-state index contributed by atoms with van der Waals surface area (Å²) in [6.45, 7) is 8.48. The number of hydrogen-bond acceptors (Lipinski definition) is 5. The number of carbonyl (C=O) groups excluding carboxylic acids is 1. The van der Waals surface area contributed by atoms with Crippen molar-refractivity contribution in [2.24, 2.45) is 4.99 Å². The minimum Gasteiger partial charge on any atom is -0.493 e. The van der Waals surface area contributed by atoms with E-state index in [0.29, 0.717) is 11.4 Å². The van der Waals surface area contributed by atoms with Gasteiger partial charge in [0.2, 0.25) is 0 Å². The number of benzene rings is 2. The molecule has 5 rings (SSSR count). The fourth-order valence-corrected chi connectivity index (χ4v) is 4.83. The zero-order valence-corrected chi connectivity index (χ0v) is 22.7. The summed E-state index contributed by atoms with van der Waals surface area (Å²) in [5, 5.41) is 2.83. The quantitative estimate of drug-likeness (QED) is 0.446. The molecule has 0 bridgehead atoms. The first-order valence-electron chi connectivity index (χ1n) is 11.5. The van der Waals surface area contributed by atoms with E-state index in [0.717, 1.165) is 46.7 Å². The molecule has 36 heavy (non-hydrogen) atoms. The van der Waals surface area contributed by atoms with Gasteiger partial charge in [-0.05, 0) is 70.0 Å². The smallest absolute Gasteiger partial charge is 0.256 e. The van der Waals surface area contributed by atoms with Gasteiger partial charge in [0, 0.05) is 34.9 Å². The monoisotopic (exact) mass is 527 g/mol. The lowest BCUT2D eigenvalue weighted by Gasteiger charge is -2.31. The molecule has 1 aromatic heterocycles. The van der Waals surface area contributed by atoms with Crippen molar-refractivity contribution in [1.82, 2.24) is 4.98 Å². The van der Waals surface area contributed by atoms with Crippen LogP contribution in [-0.2, 0) is 12.8 Å². The normalized spacial score (nSPS) is 16.2. The van der Waals surface area contributed by atoms with Crippen LogP contribution < -0.4 is 14.8 Å². The van der Waals surface area contributed by atoms with Gasteiger partial charge in [-0.25, -0.2) is 4.98 Å². The molecule has 1 amide bonds. The molecule has 0 atom stereocenters. The van der Waals surface area contributed by atoms with Crippen molar-refractivity contribution in [2.75, 3.05) is 12.4 Å². The Hall–Kier alpha value is -3.09. The van der Waals surface area contributed by atoms with Gasteiger partial charge in [0.1, 0.15) is 11.4 Å². The predicted molar refractivity (Wildman–Crippen MR) is 148 cm³/mol. The van der Waals surface area contributed by atoms with E-state index >= 15 is 0 Å². The molecule has 2 aromatic carbocycles. The van der Waals surface area contributed by atoms with Crippen LogP contribution in [0.4, 0.5) is 5.82 Å². The second-order valence-corrected chi connectivity index (χ2v) is 10.2. The molecule has 2 aliphatic heterocycles. The maximum absolute atomic E-state index is 12.7. The van der Waals surface area contributed by atoms with E-state index in [4.69, 9.17) is 14.5 Å². The van der Waals surface area contributed by atoms with Gasteiger partial charge in [-0.1, -0.05) is 18.2 Å². The summed E-state index contributed by atoms with van der Waals surface area (Å²) >= 11 is 0. The highest BCUT2D eigenvalue weighted by molar-refractivity contribution is 6.16. The molecule has 0 saturated heterocycles. The molecule has 2 aliphatic rings. The molecule has 3 aromatic rings. The number of anilines is 1. The van der Waals surface area contributed by atoms with E-state index in [1.165, 1.54) is 5.56 Å². The van der Waals surface area contributed by atoms with Gasteiger partial charge in [0.25, 0.3) is 5.91 Å². The molecule has 0 fully saturated rings. The Kier molecular flexibility index (Phi) is 7.72. The van der Waals surface area contributed by atoms with Crippen LogP contribution >= 0.6 is 24.8 Å². The minimum absolute atomic E-state index is 0. The Labute approximate surface area is 224 Å². The van der Waals surface area contributed by atoms with Gasteiger partial charge in [0.05, 0.1) is 18.4 Å². The number of nitrogens with one attached hydrogen (secondary N) is 1. The Morgan fingerprint density at radius 2 is 1.75 bits per heavy atom. The van der Waals surface area contributed by atoms with Crippen LogP contribution in [-0.4, -0.2) is 34.9 Å². The number of methoxy groups -OCH3 is 1. The van der Waals surface area contributed by atoms with E-state index in [1.54, 1.807) is 19.4 Å². The third-order valence-corrected chi connectivity index (χ3v) is 6.23. The van der Waals surface area contributed by atoms with Crippen molar-refractivity contribution in [2.45, 2.75) is 51.7 Å². The fraction of sp³-hybridized carbons (Fsp3) is 0.321. The van der Waals surface area contributed by atoms with Crippen molar-refractivity contribution in [1.29, 1.82) is 0 Å². The van der Waals surface area contributed by atoms with Gasteiger partial charge in [0.15, 0.2) is 11.5 Å². The molecule has 6 nitrogen and oxygen atoms in total. The Bertz CT molecular complexity index is 1300. The van der Waals surface area contributed by atoms with Crippen LogP contribution in [0.2, 0.25) is 0 Å². The number of aromatic nitrogens is 1. The number of hydrogen-bond donors (Lipinski definition) is 1. The first-order chi connectivity index (χ1) is 16.2. The molecule has 1 N–H and O–H groups in total. The zero-order valence-electron chi connectivity index (χ0n) is 21.0. The zero-order chi connectivity index (χ0) is 24.1. The van der Waals surface area contributed by atoms with Crippen molar-refractivity contribution >= 4 is 42.3 Å². The van der Waals surface area contributed by atoms with Crippen LogP contribution in [0.1, 0.15) is 60.3 Å². The number of halogens is 2. The van der Waals surface area contributed by atoms with Gasteiger partial charge in [-0.2, -0.15) is 0 Å². The molecule has 8 heteroatoms. The molecule has 3 heterocycles. The molecule has 190 valence electrons. The van der Waals surface area contributed by atoms with Gasteiger partial charge in [-0.3, -0.25) is 9.79 Å². The minimum atomic E-state index is -0.309. The topological polar surface area (TPSA) is 72.8 Å². The standard InChI is InChI=1S/C28H29N3O3.2ClH/c1-27(2)15-19-14-21(33-5)25-20(16-28(3,4)34-25)23(19)24(31-27)17-9-11-18(12-10-17)26(32)30-22-8-6-7-13-29-22;;/h6-14H,15-16H2,1-5H3,(H,29,30,32);2*1H. The highest BCUT2D eigenvalue weighted by atomic mass is 35.5. The van der Waals surface area contributed by atoms with Crippen LogP contribution in [0.15, 0.2) is 59.7 Å². The molecule has 0 aliphatic carbocycles. The SMILES string of the molecule is COc1cc2c(c3c1OC(C)(C)C3)C(c1ccc(C(=O)Nc3ccccn3)cc1)=NC(C)(C)C2.Cl.Cl. The first kappa shape index (κ1) is 27.5. The lowest BCUT2D eigenvalue weighted by molar-refractivity contribution is 0.102. The summed E-state index contributed by atoms with van der Waals surface area (Å²) in [6.07, 6.45) is 3.25. The van der Waals surface area contributed by atoms with E-state index < -0.39 is 0 Å². The van der Waals surface area contributed by atoms with Crippen LogP contribution in [0, 0.1) is 0 Å². The third kappa shape index (κ3) is 5.20. The van der Waals surface area contributed by atoms with Crippen LogP contribution in [0.5, 0.6) is 11.5 Å². The molecule has 0 unspecified atom stereocenters. The summed E-state index contributed by atoms with van der Waals surface area (Å²) in [5.74, 6) is 1.91. The summed E-state index contributed by atoms with van der Waals surface area (Å²) in [5.41, 5.74) is 5.39. The number of pyridine rings is 1. The van der Waals surface area contributed by atoms with Crippen molar-refractivity contribution in [3.8, 4) is 11.5 Å². The number of nitrogens with zero attached hydrogens (tertiary/aromatic N) is 2. The summed E-state index contributed by atoms with van der Waals surface area (Å²) in [4.78, 5) is 22.0. The summed E-state index contributed by atoms with van der Waals surface area (Å²) in [6, 6.07) is 15.1. The third-order valence-electron chi connectivity index (χ3n) is 6.23. The predicted octanol–water partition coefficient (Wildman–Crippen LogP) is 6.07.